The Hall–Kier alpha value is -2.89. The van der Waals surface area contributed by atoms with Gasteiger partial charge in [-0.1, -0.05) is 18.2 Å². The van der Waals surface area contributed by atoms with Gasteiger partial charge in [-0.15, -0.1) is 0 Å². The number of aromatic nitrogens is 1. The Bertz CT molecular complexity index is 768. The number of rotatable bonds is 3. The van der Waals surface area contributed by atoms with Gasteiger partial charge in [-0.3, -0.25) is 4.79 Å². The highest BCUT2D eigenvalue weighted by Gasteiger charge is 2.24. The van der Waals surface area contributed by atoms with Gasteiger partial charge in [0.1, 0.15) is 5.82 Å². The Morgan fingerprint density at radius 3 is 2.46 bits per heavy atom. The van der Waals surface area contributed by atoms with E-state index in [1.807, 2.05) is 41.0 Å². The fourth-order valence-electron chi connectivity index (χ4n) is 2.85. The van der Waals surface area contributed by atoms with Gasteiger partial charge in [0.15, 0.2) is 0 Å². The molecule has 1 amide bonds. The number of amides is 1. The minimum Gasteiger partial charge on any atom is -0.478 e. The van der Waals surface area contributed by atoms with E-state index >= 15 is 0 Å². The lowest BCUT2D eigenvalue weighted by Crippen LogP contribution is -2.49. The summed E-state index contributed by atoms with van der Waals surface area (Å²) in [5.74, 6) is -0.287. The van der Waals surface area contributed by atoms with Gasteiger partial charge >= 0.3 is 5.97 Å². The fraction of sp³-hybridized carbons (Fsp3) is 0.278. The number of pyridine rings is 1. The average Bonchev–Trinajstić information content (AvgIpc) is 2.62. The van der Waals surface area contributed by atoms with Crippen molar-refractivity contribution in [2.24, 2.45) is 0 Å². The van der Waals surface area contributed by atoms with Gasteiger partial charge in [-0.2, -0.15) is 0 Å². The molecule has 3 rings (SSSR count). The van der Waals surface area contributed by atoms with Crippen molar-refractivity contribution >= 4 is 17.7 Å². The molecule has 1 aliphatic heterocycles. The lowest BCUT2D eigenvalue weighted by Gasteiger charge is -2.35. The van der Waals surface area contributed by atoms with E-state index in [4.69, 9.17) is 5.11 Å². The highest BCUT2D eigenvalue weighted by molar-refractivity contribution is 5.95. The molecular weight excluding hydrogens is 306 g/mol. The van der Waals surface area contributed by atoms with Gasteiger partial charge in [-0.25, -0.2) is 9.78 Å². The average molecular weight is 325 g/mol. The number of aryl methyl sites for hydroxylation is 1. The number of hydrogen-bond donors (Lipinski definition) is 1. The molecule has 24 heavy (non-hydrogen) atoms. The topological polar surface area (TPSA) is 73.7 Å². The quantitative estimate of drug-likeness (QED) is 0.935. The molecule has 124 valence electrons. The number of nitrogens with zero attached hydrogens (tertiary/aromatic N) is 3. The molecule has 1 aromatic heterocycles. The van der Waals surface area contributed by atoms with Crippen LogP contribution in [-0.2, 0) is 0 Å². The summed E-state index contributed by atoms with van der Waals surface area (Å²) in [4.78, 5) is 31.8. The highest BCUT2D eigenvalue weighted by atomic mass is 16.4. The van der Waals surface area contributed by atoms with Crippen molar-refractivity contribution in [3.63, 3.8) is 0 Å². The first-order valence-corrected chi connectivity index (χ1v) is 7.85. The van der Waals surface area contributed by atoms with Crippen LogP contribution in [0.25, 0.3) is 0 Å². The normalized spacial score (nSPS) is 14.5. The molecule has 0 radical (unpaired) electrons. The summed E-state index contributed by atoms with van der Waals surface area (Å²) in [5, 5.41) is 9.08. The van der Waals surface area contributed by atoms with Crippen LogP contribution in [0.5, 0.6) is 0 Å². The van der Waals surface area contributed by atoms with Crippen molar-refractivity contribution in [2.75, 3.05) is 31.1 Å². The number of carboxylic acids is 1. The van der Waals surface area contributed by atoms with Gasteiger partial charge in [0.2, 0.25) is 0 Å². The van der Waals surface area contributed by atoms with Crippen molar-refractivity contribution in [2.45, 2.75) is 6.92 Å². The molecule has 0 spiro atoms. The number of anilines is 1. The van der Waals surface area contributed by atoms with Gasteiger partial charge in [0, 0.05) is 37.9 Å². The van der Waals surface area contributed by atoms with E-state index in [2.05, 4.69) is 4.98 Å². The molecule has 0 bridgehead atoms. The fourth-order valence-corrected chi connectivity index (χ4v) is 2.85. The van der Waals surface area contributed by atoms with Gasteiger partial charge in [0.25, 0.3) is 5.91 Å². The first kappa shape index (κ1) is 16.0. The smallest absolute Gasteiger partial charge is 0.335 e. The Kier molecular flexibility index (Phi) is 4.46. The maximum Gasteiger partial charge on any atom is 0.335 e. The zero-order valence-corrected chi connectivity index (χ0v) is 13.5. The molecule has 1 saturated heterocycles. The minimum absolute atomic E-state index is 0.0417. The van der Waals surface area contributed by atoms with Gasteiger partial charge in [-0.05, 0) is 30.7 Å². The van der Waals surface area contributed by atoms with Crippen LogP contribution in [-0.4, -0.2) is 53.0 Å². The van der Waals surface area contributed by atoms with E-state index in [9.17, 15) is 9.59 Å². The zero-order chi connectivity index (χ0) is 17.1. The van der Waals surface area contributed by atoms with Crippen molar-refractivity contribution < 1.29 is 14.7 Å². The van der Waals surface area contributed by atoms with E-state index in [-0.39, 0.29) is 11.5 Å². The summed E-state index contributed by atoms with van der Waals surface area (Å²) in [6, 6.07) is 10.6. The zero-order valence-electron chi connectivity index (χ0n) is 13.5. The van der Waals surface area contributed by atoms with Crippen LogP contribution < -0.4 is 4.90 Å². The Morgan fingerprint density at radius 2 is 1.79 bits per heavy atom. The van der Waals surface area contributed by atoms with Crippen LogP contribution in [0, 0.1) is 6.92 Å². The largest absolute Gasteiger partial charge is 0.478 e. The van der Waals surface area contributed by atoms with Gasteiger partial charge < -0.3 is 14.9 Å². The van der Waals surface area contributed by atoms with Crippen LogP contribution in [0.1, 0.15) is 26.3 Å². The number of carbonyl (C=O) groups is 2. The van der Waals surface area contributed by atoms with Crippen LogP contribution in [0.15, 0.2) is 42.6 Å². The lowest BCUT2D eigenvalue weighted by atomic mass is 10.1. The number of piperazine rings is 1. The summed E-state index contributed by atoms with van der Waals surface area (Å²) in [6.07, 6.45) is 1.50. The van der Waals surface area contributed by atoms with Crippen LogP contribution >= 0.6 is 0 Å². The maximum absolute atomic E-state index is 12.6. The second kappa shape index (κ2) is 6.70. The third-order valence-electron chi connectivity index (χ3n) is 4.26. The Balaban J connectivity index is 1.68. The predicted octanol–water partition coefficient (Wildman–Crippen LogP) is 2.05. The third kappa shape index (κ3) is 3.22. The lowest BCUT2D eigenvalue weighted by molar-refractivity contribution is 0.0696. The number of carbonyl (C=O) groups excluding carboxylic acids is 1. The van der Waals surface area contributed by atoms with Crippen molar-refractivity contribution in [1.29, 1.82) is 0 Å². The summed E-state index contributed by atoms with van der Waals surface area (Å²) in [5.41, 5.74) is 1.93. The molecule has 1 N–H and O–H groups in total. The van der Waals surface area contributed by atoms with Crippen molar-refractivity contribution in [1.82, 2.24) is 9.88 Å². The molecule has 6 nitrogen and oxygen atoms in total. The summed E-state index contributed by atoms with van der Waals surface area (Å²) in [6.45, 7) is 4.38. The van der Waals surface area contributed by atoms with Crippen LogP contribution in [0.4, 0.5) is 5.82 Å². The molecule has 0 unspecified atom stereocenters. The van der Waals surface area contributed by atoms with E-state index in [0.29, 0.717) is 32.0 Å². The molecule has 1 aromatic carbocycles. The van der Waals surface area contributed by atoms with Crippen molar-refractivity contribution in [3.8, 4) is 0 Å². The van der Waals surface area contributed by atoms with Crippen LogP contribution in [0.3, 0.4) is 0 Å². The first-order valence-electron chi connectivity index (χ1n) is 7.85. The summed E-state index contributed by atoms with van der Waals surface area (Å²) < 4.78 is 0. The van der Waals surface area contributed by atoms with Gasteiger partial charge in [0.05, 0.1) is 5.56 Å². The van der Waals surface area contributed by atoms with Crippen molar-refractivity contribution in [3.05, 3.63) is 59.3 Å². The molecule has 0 saturated carbocycles. The van der Waals surface area contributed by atoms with Crippen LogP contribution in [0.2, 0.25) is 0 Å². The molecule has 0 atom stereocenters. The molecule has 6 heteroatoms. The van der Waals surface area contributed by atoms with E-state index in [1.54, 1.807) is 6.07 Å². The molecular formula is C18H19N3O3. The monoisotopic (exact) mass is 325 g/mol. The Morgan fingerprint density at radius 1 is 1.08 bits per heavy atom. The molecule has 2 heterocycles. The first-order chi connectivity index (χ1) is 11.6. The number of benzene rings is 1. The van der Waals surface area contributed by atoms with E-state index in [1.165, 1.54) is 12.3 Å². The number of aromatic carboxylic acids is 1. The summed E-state index contributed by atoms with van der Waals surface area (Å²) in [7, 11) is 0. The third-order valence-corrected chi connectivity index (χ3v) is 4.26. The molecule has 1 aliphatic rings. The van der Waals surface area contributed by atoms with E-state index in [0.717, 1.165) is 11.1 Å². The highest BCUT2D eigenvalue weighted by Crippen LogP contribution is 2.17. The standard InChI is InChI=1S/C18H19N3O3/c1-13-4-2-3-5-15(13)17(22)21-10-8-20(9-11-21)16-12-14(18(23)24)6-7-19-16/h2-7,12H,8-11H2,1H3,(H,23,24). The van der Waals surface area contributed by atoms with E-state index < -0.39 is 5.97 Å². The summed E-state index contributed by atoms with van der Waals surface area (Å²) >= 11 is 0. The molecule has 1 fully saturated rings. The Labute approximate surface area is 140 Å². The SMILES string of the molecule is Cc1ccccc1C(=O)N1CCN(c2cc(C(=O)O)ccn2)CC1. The number of carboxylic acid groups (broad SMARTS) is 1. The maximum atomic E-state index is 12.6. The second-order valence-electron chi connectivity index (χ2n) is 5.80. The minimum atomic E-state index is -0.966. The second-order valence-corrected chi connectivity index (χ2v) is 5.80. The molecule has 2 aromatic rings. The number of hydrogen-bond acceptors (Lipinski definition) is 4. The predicted molar refractivity (Wildman–Crippen MR) is 90.5 cm³/mol. The molecule has 0 aliphatic carbocycles.